The first-order valence-corrected chi connectivity index (χ1v) is 10.2. The molecular weight excluding hydrogens is 447 g/mol. The van der Waals surface area contributed by atoms with Crippen LogP contribution in [0.15, 0.2) is 32.6 Å². The molecule has 0 saturated heterocycles. The molecule has 1 N–H and O–H groups in total. The zero-order valence-corrected chi connectivity index (χ0v) is 17.0. The Morgan fingerprint density at radius 2 is 2.07 bits per heavy atom. The first kappa shape index (κ1) is 21.7. The van der Waals surface area contributed by atoms with Crippen LogP contribution >= 0.6 is 27.7 Å². The zero-order valence-electron chi connectivity index (χ0n) is 14.6. The summed E-state index contributed by atoms with van der Waals surface area (Å²) < 4.78 is 38.8. The van der Waals surface area contributed by atoms with E-state index in [1.807, 2.05) is 12.2 Å². The van der Waals surface area contributed by atoms with Crippen LogP contribution in [0.25, 0.3) is 10.9 Å². The number of nitrogens with zero attached hydrogens (tertiary/aromatic N) is 2. The summed E-state index contributed by atoms with van der Waals surface area (Å²) in [5.74, 6) is -1.01. The molecule has 5 nitrogen and oxygen atoms in total. The molecule has 148 valence electrons. The molecular formula is C17H19BrF3N3O2S. The van der Waals surface area contributed by atoms with E-state index in [4.69, 9.17) is 0 Å². The molecule has 0 bridgehead atoms. The Morgan fingerprint density at radius 3 is 2.74 bits per heavy atom. The van der Waals surface area contributed by atoms with E-state index in [2.05, 4.69) is 20.9 Å². The van der Waals surface area contributed by atoms with Crippen molar-refractivity contribution in [2.75, 3.05) is 12.3 Å². The van der Waals surface area contributed by atoms with Crippen LogP contribution in [-0.2, 0) is 11.3 Å². The molecule has 0 aliphatic carbocycles. The van der Waals surface area contributed by atoms with Crippen LogP contribution in [0.5, 0.6) is 0 Å². The van der Waals surface area contributed by atoms with Crippen molar-refractivity contribution in [2.45, 2.75) is 44.1 Å². The molecule has 0 fully saturated rings. The van der Waals surface area contributed by atoms with Crippen molar-refractivity contribution in [1.82, 2.24) is 14.9 Å². The number of rotatable bonds is 8. The second kappa shape index (κ2) is 9.59. The molecule has 2 aromatic rings. The third kappa shape index (κ3) is 6.53. The maximum Gasteiger partial charge on any atom is 0.405 e. The van der Waals surface area contributed by atoms with Gasteiger partial charge in [-0.3, -0.25) is 14.2 Å². The van der Waals surface area contributed by atoms with Crippen molar-refractivity contribution in [3.8, 4) is 0 Å². The number of halogens is 4. The molecule has 1 aromatic carbocycles. The number of aromatic nitrogens is 2. The van der Waals surface area contributed by atoms with Gasteiger partial charge in [0.1, 0.15) is 6.54 Å². The molecule has 0 aliphatic heterocycles. The fraction of sp³-hybridized carbons (Fsp3) is 0.471. The molecule has 0 atom stereocenters. The number of carbonyl (C=O) groups is 1. The van der Waals surface area contributed by atoms with E-state index in [0.29, 0.717) is 22.6 Å². The van der Waals surface area contributed by atoms with Gasteiger partial charge in [0.2, 0.25) is 5.91 Å². The highest BCUT2D eigenvalue weighted by Crippen LogP contribution is 2.21. The molecule has 0 radical (unpaired) electrons. The van der Waals surface area contributed by atoms with Gasteiger partial charge in [-0.1, -0.05) is 47.5 Å². The van der Waals surface area contributed by atoms with Crippen molar-refractivity contribution in [1.29, 1.82) is 0 Å². The van der Waals surface area contributed by atoms with Crippen LogP contribution in [0.1, 0.15) is 26.2 Å². The summed E-state index contributed by atoms with van der Waals surface area (Å²) in [6.45, 7) is 1.10. The largest absolute Gasteiger partial charge is 0.405 e. The fourth-order valence-corrected chi connectivity index (χ4v) is 3.60. The molecule has 1 amide bonds. The smallest absolute Gasteiger partial charge is 0.346 e. The van der Waals surface area contributed by atoms with E-state index in [1.54, 1.807) is 18.2 Å². The number of benzene rings is 1. The summed E-state index contributed by atoms with van der Waals surface area (Å²) in [6, 6.07) is 5.12. The molecule has 10 heteroatoms. The normalized spacial score (nSPS) is 11.7. The Hall–Kier alpha value is -1.55. The minimum absolute atomic E-state index is 0.226. The van der Waals surface area contributed by atoms with Gasteiger partial charge in [-0.05, 0) is 24.6 Å². The van der Waals surface area contributed by atoms with E-state index in [9.17, 15) is 22.8 Å². The Morgan fingerprint density at radius 1 is 1.33 bits per heavy atom. The highest BCUT2D eigenvalue weighted by atomic mass is 79.9. The first-order valence-electron chi connectivity index (χ1n) is 8.37. The molecule has 0 spiro atoms. The van der Waals surface area contributed by atoms with Gasteiger partial charge in [-0.15, -0.1) is 0 Å². The molecule has 1 aromatic heterocycles. The number of hydrogen-bond donors (Lipinski definition) is 1. The van der Waals surface area contributed by atoms with E-state index >= 15 is 0 Å². The summed E-state index contributed by atoms with van der Waals surface area (Å²) in [7, 11) is 0. The monoisotopic (exact) mass is 465 g/mol. The van der Waals surface area contributed by atoms with Crippen LogP contribution < -0.4 is 10.9 Å². The fourth-order valence-electron chi connectivity index (χ4n) is 2.38. The Bertz CT molecular complexity index is 871. The van der Waals surface area contributed by atoms with Gasteiger partial charge in [0, 0.05) is 11.0 Å². The van der Waals surface area contributed by atoms with Crippen molar-refractivity contribution in [3.63, 3.8) is 0 Å². The summed E-state index contributed by atoms with van der Waals surface area (Å²) >= 11 is 4.29. The van der Waals surface area contributed by atoms with Crippen LogP contribution in [0.4, 0.5) is 13.2 Å². The number of fused-ring (bicyclic) bond motifs is 1. The number of alkyl halides is 3. The van der Waals surface area contributed by atoms with Crippen molar-refractivity contribution < 1.29 is 18.0 Å². The second-order valence-electron chi connectivity index (χ2n) is 5.90. The average Bonchev–Trinajstić information content (AvgIpc) is 2.60. The van der Waals surface area contributed by atoms with Gasteiger partial charge in [0.05, 0.1) is 16.7 Å². The topological polar surface area (TPSA) is 64.0 Å². The Balaban J connectivity index is 2.24. The number of nitrogens with one attached hydrogen (secondary N) is 1. The van der Waals surface area contributed by atoms with Crippen LogP contribution in [-0.4, -0.2) is 33.9 Å². The van der Waals surface area contributed by atoms with E-state index in [1.165, 1.54) is 4.57 Å². The number of unbranched alkanes of at least 4 members (excludes halogenated alkanes) is 2. The van der Waals surface area contributed by atoms with Gasteiger partial charge >= 0.3 is 6.18 Å². The Labute approximate surface area is 166 Å². The molecule has 0 unspecified atom stereocenters. The highest BCUT2D eigenvalue weighted by molar-refractivity contribution is 9.10. The predicted octanol–water partition coefficient (Wildman–Crippen LogP) is 4.12. The maximum atomic E-state index is 12.8. The lowest BCUT2D eigenvalue weighted by molar-refractivity contribution is -0.136. The lowest BCUT2D eigenvalue weighted by Gasteiger charge is -2.13. The SMILES string of the molecule is CCCCCn1c(SCC(=O)NCC(F)(F)F)nc2ccc(Br)cc2c1=O. The minimum Gasteiger partial charge on any atom is -0.346 e. The third-order valence-corrected chi connectivity index (χ3v) is 5.15. The lowest BCUT2D eigenvalue weighted by atomic mass is 10.2. The predicted molar refractivity (Wildman–Crippen MR) is 103 cm³/mol. The second-order valence-corrected chi connectivity index (χ2v) is 7.76. The van der Waals surface area contributed by atoms with Crippen LogP contribution in [0.2, 0.25) is 0 Å². The van der Waals surface area contributed by atoms with Gasteiger partial charge in [0.25, 0.3) is 5.56 Å². The molecule has 0 saturated carbocycles. The lowest BCUT2D eigenvalue weighted by Crippen LogP contribution is -2.35. The van der Waals surface area contributed by atoms with E-state index in [0.717, 1.165) is 35.5 Å². The third-order valence-electron chi connectivity index (χ3n) is 3.68. The number of amides is 1. The van der Waals surface area contributed by atoms with Gasteiger partial charge < -0.3 is 5.32 Å². The van der Waals surface area contributed by atoms with Crippen LogP contribution in [0.3, 0.4) is 0 Å². The standard InChI is InChI=1S/C17H19BrF3N3O2S/c1-2-3-4-7-24-15(26)12-8-11(18)5-6-13(12)23-16(24)27-9-14(25)22-10-17(19,20)21/h5-6,8H,2-4,7,9-10H2,1H3,(H,22,25). The van der Waals surface area contributed by atoms with E-state index < -0.39 is 18.6 Å². The molecule has 1 heterocycles. The average molecular weight is 466 g/mol. The molecule has 27 heavy (non-hydrogen) atoms. The summed E-state index contributed by atoms with van der Waals surface area (Å²) in [6.07, 6.45) is -1.79. The quantitative estimate of drug-likeness (QED) is 0.361. The molecule has 2 rings (SSSR count). The Kier molecular flexibility index (Phi) is 7.72. The number of carbonyl (C=O) groups excluding carboxylic acids is 1. The summed E-state index contributed by atoms with van der Waals surface area (Å²) in [5, 5.41) is 2.60. The van der Waals surface area contributed by atoms with Gasteiger partial charge in [-0.2, -0.15) is 13.2 Å². The first-order chi connectivity index (χ1) is 12.7. The van der Waals surface area contributed by atoms with Gasteiger partial charge in [-0.25, -0.2) is 4.98 Å². The zero-order chi connectivity index (χ0) is 20.0. The minimum atomic E-state index is -4.46. The van der Waals surface area contributed by atoms with Crippen molar-refractivity contribution in [3.05, 3.63) is 33.0 Å². The van der Waals surface area contributed by atoms with Gasteiger partial charge in [0.15, 0.2) is 5.16 Å². The van der Waals surface area contributed by atoms with Crippen molar-refractivity contribution >= 4 is 44.5 Å². The summed E-state index contributed by atoms with van der Waals surface area (Å²) in [5.41, 5.74) is 0.253. The summed E-state index contributed by atoms with van der Waals surface area (Å²) in [4.78, 5) is 29.0. The van der Waals surface area contributed by atoms with Crippen molar-refractivity contribution in [2.24, 2.45) is 0 Å². The number of thioether (sulfide) groups is 1. The van der Waals surface area contributed by atoms with E-state index in [-0.39, 0.29) is 11.3 Å². The highest BCUT2D eigenvalue weighted by Gasteiger charge is 2.27. The molecule has 0 aliphatic rings. The van der Waals surface area contributed by atoms with Crippen LogP contribution in [0, 0.1) is 0 Å². The maximum absolute atomic E-state index is 12.8. The number of hydrogen-bond acceptors (Lipinski definition) is 4.